The summed E-state index contributed by atoms with van der Waals surface area (Å²) in [5.74, 6) is 0.283. The van der Waals surface area contributed by atoms with E-state index in [2.05, 4.69) is 34.3 Å². The van der Waals surface area contributed by atoms with E-state index in [9.17, 15) is 4.79 Å². The highest BCUT2D eigenvalue weighted by Gasteiger charge is 2.46. The van der Waals surface area contributed by atoms with Crippen molar-refractivity contribution in [3.05, 3.63) is 12.7 Å². The molecule has 0 aliphatic carbocycles. The molecule has 2 atom stereocenters. The molecule has 2 fully saturated rings. The molecular formula is C21H41NO4. The first kappa shape index (κ1) is 24.9. The Morgan fingerprint density at radius 3 is 2.27 bits per heavy atom. The SMILES string of the molecule is C=CCC.CC(C)(C)OC(=O)N1CCC2OC(C)(C)OCC21.CC(C)C. The van der Waals surface area contributed by atoms with Crippen LogP contribution in [0.4, 0.5) is 4.79 Å². The van der Waals surface area contributed by atoms with Gasteiger partial charge in [-0.3, -0.25) is 0 Å². The molecule has 2 rings (SSSR count). The van der Waals surface area contributed by atoms with Crippen molar-refractivity contribution >= 4 is 6.09 Å². The second kappa shape index (κ2) is 10.9. The van der Waals surface area contributed by atoms with Gasteiger partial charge < -0.3 is 19.1 Å². The maximum Gasteiger partial charge on any atom is 0.410 e. The Kier molecular flexibility index (Phi) is 10.5. The number of amides is 1. The molecule has 0 spiro atoms. The number of hydrogen-bond acceptors (Lipinski definition) is 4. The number of carbonyl (C=O) groups excluding carboxylic acids is 1. The smallest absolute Gasteiger partial charge is 0.410 e. The minimum Gasteiger partial charge on any atom is -0.444 e. The number of allylic oxidation sites excluding steroid dienone is 1. The molecule has 0 bridgehead atoms. The van der Waals surface area contributed by atoms with Gasteiger partial charge >= 0.3 is 6.09 Å². The van der Waals surface area contributed by atoms with E-state index in [1.54, 1.807) is 4.90 Å². The quantitative estimate of drug-likeness (QED) is 0.580. The van der Waals surface area contributed by atoms with Crippen LogP contribution < -0.4 is 0 Å². The van der Waals surface area contributed by atoms with Gasteiger partial charge in [0.1, 0.15) is 5.60 Å². The van der Waals surface area contributed by atoms with Gasteiger partial charge in [-0.25, -0.2) is 4.79 Å². The molecule has 0 aromatic carbocycles. The number of fused-ring (bicyclic) bond motifs is 1. The van der Waals surface area contributed by atoms with Crippen molar-refractivity contribution in [3.63, 3.8) is 0 Å². The highest BCUT2D eigenvalue weighted by Crippen LogP contribution is 2.32. The standard InChI is InChI=1S/C13H23NO4.C4H10.C4H8/c1-12(2,3)18-11(15)14-7-6-10-9(14)8-16-13(4,5)17-10;1-4(2)3;1-3-4-2/h9-10H,6-8H2,1-5H3;4H,1-3H3;3H,1,4H2,2H3. The number of nitrogens with zero attached hydrogens (tertiary/aromatic N) is 1. The van der Waals surface area contributed by atoms with Crippen LogP contribution in [0.1, 0.15) is 75.2 Å². The lowest BCUT2D eigenvalue weighted by Gasteiger charge is -2.40. The van der Waals surface area contributed by atoms with Crippen molar-refractivity contribution in [2.75, 3.05) is 13.2 Å². The van der Waals surface area contributed by atoms with E-state index < -0.39 is 11.4 Å². The molecule has 0 radical (unpaired) electrons. The number of ether oxygens (including phenoxy) is 3. The summed E-state index contributed by atoms with van der Waals surface area (Å²) in [7, 11) is 0. The monoisotopic (exact) mass is 371 g/mol. The lowest BCUT2D eigenvalue weighted by molar-refractivity contribution is -0.281. The van der Waals surface area contributed by atoms with Crippen LogP contribution in [0, 0.1) is 5.92 Å². The molecule has 0 saturated carbocycles. The van der Waals surface area contributed by atoms with Gasteiger partial charge in [0.05, 0.1) is 18.8 Å². The van der Waals surface area contributed by atoms with E-state index in [4.69, 9.17) is 14.2 Å². The molecule has 5 nitrogen and oxygen atoms in total. The first-order chi connectivity index (χ1) is 11.8. The molecule has 2 aliphatic rings. The molecule has 2 saturated heterocycles. The van der Waals surface area contributed by atoms with Gasteiger partial charge in [0, 0.05) is 6.54 Å². The summed E-state index contributed by atoms with van der Waals surface area (Å²) >= 11 is 0. The van der Waals surface area contributed by atoms with E-state index in [1.807, 2.05) is 40.7 Å². The first-order valence-corrected chi connectivity index (χ1v) is 9.75. The van der Waals surface area contributed by atoms with Crippen molar-refractivity contribution in [3.8, 4) is 0 Å². The fraction of sp³-hybridized carbons (Fsp3) is 0.857. The number of hydrogen-bond donors (Lipinski definition) is 0. The van der Waals surface area contributed by atoms with Crippen molar-refractivity contribution in [1.29, 1.82) is 0 Å². The minimum absolute atomic E-state index is 0.0205. The number of rotatable bonds is 1. The van der Waals surface area contributed by atoms with Crippen LogP contribution in [0.25, 0.3) is 0 Å². The van der Waals surface area contributed by atoms with Crippen molar-refractivity contribution in [1.82, 2.24) is 4.90 Å². The highest BCUT2D eigenvalue weighted by atomic mass is 16.7. The second-order valence-electron chi connectivity index (χ2n) is 8.83. The van der Waals surface area contributed by atoms with Crippen molar-refractivity contribution in [2.24, 2.45) is 5.92 Å². The van der Waals surface area contributed by atoms with Gasteiger partial charge in [-0.05, 0) is 53.4 Å². The highest BCUT2D eigenvalue weighted by molar-refractivity contribution is 5.69. The average Bonchev–Trinajstić information content (AvgIpc) is 2.86. The normalized spacial score (nSPS) is 23.8. The van der Waals surface area contributed by atoms with E-state index in [0.29, 0.717) is 13.2 Å². The van der Waals surface area contributed by atoms with Gasteiger partial charge in [-0.15, -0.1) is 6.58 Å². The van der Waals surface area contributed by atoms with Gasteiger partial charge in [0.15, 0.2) is 5.79 Å². The predicted octanol–water partition coefficient (Wildman–Crippen LogP) is 5.39. The van der Waals surface area contributed by atoms with E-state index in [0.717, 1.165) is 18.8 Å². The third kappa shape index (κ3) is 10.2. The maximum absolute atomic E-state index is 12.1. The van der Waals surface area contributed by atoms with Gasteiger partial charge in [-0.1, -0.05) is 33.8 Å². The molecule has 0 aromatic heterocycles. The largest absolute Gasteiger partial charge is 0.444 e. The first-order valence-electron chi connectivity index (χ1n) is 9.75. The predicted molar refractivity (Wildman–Crippen MR) is 107 cm³/mol. The molecule has 0 aromatic rings. The minimum atomic E-state index is -0.550. The summed E-state index contributed by atoms with van der Waals surface area (Å²) in [6.45, 7) is 22.6. The topological polar surface area (TPSA) is 48.0 Å². The summed E-state index contributed by atoms with van der Waals surface area (Å²) in [6, 6.07) is -0.0205. The van der Waals surface area contributed by atoms with Crippen LogP contribution in [-0.2, 0) is 14.2 Å². The molecule has 26 heavy (non-hydrogen) atoms. The van der Waals surface area contributed by atoms with E-state index in [-0.39, 0.29) is 18.2 Å². The Morgan fingerprint density at radius 1 is 1.35 bits per heavy atom. The molecule has 2 aliphatic heterocycles. The third-order valence-corrected chi connectivity index (χ3v) is 3.44. The van der Waals surface area contributed by atoms with Gasteiger partial charge in [0.2, 0.25) is 0 Å². The van der Waals surface area contributed by atoms with Crippen molar-refractivity contribution < 1.29 is 19.0 Å². The van der Waals surface area contributed by atoms with Crippen LogP contribution in [-0.4, -0.2) is 47.7 Å². The second-order valence-corrected chi connectivity index (χ2v) is 8.83. The maximum atomic E-state index is 12.1. The fourth-order valence-corrected chi connectivity index (χ4v) is 2.39. The van der Waals surface area contributed by atoms with Gasteiger partial charge in [-0.2, -0.15) is 0 Å². The van der Waals surface area contributed by atoms with Gasteiger partial charge in [0.25, 0.3) is 0 Å². The van der Waals surface area contributed by atoms with Crippen molar-refractivity contribution in [2.45, 2.75) is 98.7 Å². The Hall–Kier alpha value is -1.07. The molecule has 2 unspecified atom stereocenters. The van der Waals surface area contributed by atoms with Crippen LogP contribution >= 0.6 is 0 Å². The Bertz CT molecular complexity index is 423. The Morgan fingerprint density at radius 2 is 1.85 bits per heavy atom. The molecule has 0 N–H and O–H groups in total. The molecule has 2 heterocycles. The molecule has 154 valence electrons. The third-order valence-electron chi connectivity index (χ3n) is 3.44. The van der Waals surface area contributed by atoms with E-state index >= 15 is 0 Å². The molecule has 5 heteroatoms. The van der Waals surface area contributed by atoms with Crippen LogP contribution in [0.5, 0.6) is 0 Å². The number of likely N-dealkylation sites (tertiary alicyclic amines) is 1. The Balaban J connectivity index is 0.000000662. The fourth-order valence-electron chi connectivity index (χ4n) is 2.39. The summed E-state index contributed by atoms with van der Waals surface area (Å²) in [6.07, 6.45) is 3.58. The molecule has 1 amide bonds. The lowest BCUT2D eigenvalue weighted by Crippen LogP contribution is -2.52. The Labute approximate surface area is 161 Å². The zero-order valence-corrected chi connectivity index (χ0v) is 18.4. The summed E-state index contributed by atoms with van der Waals surface area (Å²) in [5.41, 5.74) is -0.467. The zero-order valence-electron chi connectivity index (χ0n) is 18.4. The molecular weight excluding hydrogens is 330 g/mol. The lowest BCUT2D eigenvalue weighted by atomic mass is 10.1. The van der Waals surface area contributed by atoms with Crippen LogP contribution in [0.2, 0.25) is 0 Å². The number of carbonyl (C=O) groups is 1. The zero-order chi connectivity index (χ0) is 20.5. The summed E-state index contributed by atoms with van der Waals surface area (Å²) < 4.78 is 16.9. The summed E-state index contributed by atoms with van der Waals surface area (Å²) in [4.78, 5) is 13.8. The summed E-state index contributed by atoms with van der Waals surface area (Å²) in [5, 5.41) is 0. The van der Waals surface area contributed by atoms with E-state index in [1.165, 1.54) is 0 Å². The van der Waals surface area contributed by atoms with Crippen LogP contribution in [0.3, 0.4) is 0 Å². The average molecular weight is 372 g/mol. The van der Waals surface area contributed by atoms with Crippen LogP contribution in [0.15, 0.2) is 12.7 Å².